The van der Waals surface area contributed by atoms with E-state index in [9.17, 15) is 10.1 Å². The van der Waals surface area contributed by atoms with E-state index in [1.807, 2.05) is 0 Å². The number of hydrogen-bond donors (Lipinski definition) is 1. The third kappa shape index (κ3) is 3.70. The van der Waals surface area contributed by atoms with Crippen LogP contribution in [0.3, 0.4) is 0 Å². The van der Waals surface area contributed by atoms with Crippen LogP contribution < -0.4 is 5.32 Å². The molecule has 1 atom stereocenters. The van der Waals surface area contributed by atoms with E-state index < -0.39 is 4.92 Å². The van der Waals surface area contributed by atoms with E-state index in [2.05, 4.69) is 10.3 Å². The van der Waals surface area contributed by atoms with E-state index in [0.29, 0.717) is 19.8 Å². The van der Waals surface area contributed by atoms with Crippen molar-refractivity contribution in [3.8, 4) is 0 Å². The minimum Gasteiger partial charge on any atom is -0.377 e. The van der Waals surface area contributed by atoms with Crippen molar-refractivity contribution in [3.05, 3.63) is 28.3 Å². The second-order valence-corrected chi connectivity index (χ2v) is 6.10. The monoisotopic (exact) mass is 323 g/mol. The minimum absolute atomic E-state index is 0.0857. The maximum atomic E-state index is 10.8. The van der Waals surface area contributed by atoms with Crippen molar-refractivity contribution in [2.24, 2.45) is 0 Å². The molecule has 22 heavy (non-hydrogen) atoms. The smallest absolute Gasteiger partial charge is 0.270 e. The number of hydrogen-bond acceptors (Lipinski definition) is 7. The molecule has 1 aliphatic heterocycles. The van der Waals surface area contributed by atoms with Gasteiger partial charge in [0.25, 0.3) is 5.69 Å². The Kier molecular flexibility index (Phi) is 4.81. The highest BCUT2D eigenvalue weighted by Gasteiger charge is 2.15. The first-order chi connectivity index (χ1) is 10.7. The number of thiazole rings is 1. The van der Waals surface area contributed by atoms with Crippen LogP contribution in [-0.4, -0.2) is 42.4 Å². The standard InChI is InChI=1S/C14H17N3O4S/c18-17(19)10-3-4-12-13(8-10)22-14(16-12)15-5-7-20-9-11-2-1-6-21-11/h3-4,8,11H,1-2,5-7,9H2,(H,15,16)/t11-/m1/s1. The summed E-state index contributed by atoms with van der Waals surface area (Å²) in [6.07, 6.45) is 2.43. The molecule has 1 aliphatic rings. The summed E-state index contributed by atoms with van der Waals surface area (Å²) in [6, 6.07) is 4.69. The molecule has 1 saturated heterocycles. The highest BCUT2D eigenvalue weighted by atomic mass is 32.1. The Morgan fingerprint density at radius 2 is 2.45 bits per heavy atom. The number of nitro groups is 1. The lowest BCUT2D eigenvalue weighted by Gasteiger charge is -2.09. The van der Waals surface area contributed by atoms with Crippen LogP contribution in [-0.2, 0) is 9.47 Å². The zero-order chi connectivity index (χ0) is 15.4. The summed E-state index contributed by atoms with van der Waals surface area (Å²) >= 11 is 1.41. The van der Waals surface area contributed by atoms with Crippen LogP contribution >= 0.6 is 11.3 Å². The molecule has 7 nitrogen and oxygen atoms in total. The molecule has 0 amide bonds. The van der Waals surface area contributed by atoms with Crippen molar-refractivity contribution in [1.29, 1.82) is 0 Å². The van der Waals surface area contributed by atoms with Gasteiger partial charge >= 0.3 is 0 Å². The molecule has 3 rings (SSSR count). The summed E-state index contributed by atoms with van der Waals surface area (Å²) in [5.74, 6) is 0. The first kappa shape index (κ1) is 15.1. The van der Waals surface area contributed by atoms with Gasteiger partial charge in [0.1, 0.15) is 0 Å². The van der Waals surface area contributed by atoms with Crippen LogP contribution in [0.1, 0.15) is 12.8 Å². The molecule has 0 aliphatic carbocycles. The van der Waals surface area contributed by atoms with Gasteiger partial charge in [-0.3, -0.25) is 10.1 Å². The normalized spacial score (nSPS) is 17.9. The highest BCUT2D eigenvalue weighted by Crippen LogP contribution is 2.28. The highest BCUT2D eigenvalue weighted by molar-refractivity contribution is 7.22. The number of non-ortho nitro benzene ring substituents is 1. The Morgan fingerprint density at radius 1 is 1.55 bits per heavy atom. The molecule has 1 fully saturated rings. The molecule has 1 aromatic heterocycles. The number of rotatable bonds is 7. The maximum absolute atomic E-state index is 10.8. The number of anilines is 1. The molecule has 0 bridgehead atoms. The van der Waals surface area contributed by atoms with Gasteiger partial charge in [0, 0.05) is 25.3 Å². The molecule has 0 radical (unpaired) electrons. The average molecular weight is 323 g/mol. The number of aromatic nitrogens is 1. The second-order valence-electron chi connectivity index (χ2n) is 5.06. The Labute approximate surface area is 131 Å². The van der Waals surface area contributed by atoms with Crippen LogP contribution in [0.5, 0.6) is 0 Å². The van der Waals surface area contributed by atoms with E-state index in [0.717, 1.165) is 34.8 Å². The van der Waals surface area contributed by atoms with E-state index >= 15 is 0 Å². The van der Waals surface area contributed by atoms with Crippen LogP contribution in [0.2, 0.25) is 0 Å². The molecule has 2 heterocycles. The summed E-state index contributed by atoms with van der Waals surface area (Å²) in [4.78, 5) is 14.7. The van der Waals surface area contributed by atoms with Crippen molar-refractivity contribution in [1.82, 2.24) is 4.98 Å². The third-order valence-corrected chi connectivity index (χ3v) is 4.41. The number of ether oxygens (including phenoxy) is 2. The van der Waals surface area contributed by atoms with Crippen molar-refractivity contribution in [2.45, 2.75) is 18.9 Å². The summed E-state index contributed by atoms with van der Waals surface area (Å²) in [5.41, 5.74) is 0.848. The van der Waals surface area contributed by atoms with E-state index in [1.165, 1.54) is 17.4 Å². The Hall–Kier alpha value is -1.77. The number of nitro benzene ring substituents is 1. The van der Waals surface area contributed by atoms with Gasteiger partial charge < -0.3 is 14.8 Å². The maximum Gasteiger partial charge on any atom is 0.270 e. The molecule has 1 N–H and O–H groups in total. The lowest BCUT2D eigenvalue weighted by Crippen LogP contribution is -2.17. The van der Waals surface area contributed by atoms with Crippen LogP contribution in [0.4, 0.5) is 10.8 Å². The molecule has 0 saturated carbocycles. The molecule has 2 aromatic rings. The first-order valence-corrected chi connectivity index (χ1v) is 8.02. The van der Waals surface area contributed by atoms with Crippen LogP contribution in [0.15, 0.2) is 18.2 Å². The predicted molar refractivity (Wildman–Crippen MR) is 84.6 cm³/mol. The quantitative estimate of drug-likeness (QED) is 0.479. The average Bonchev–Trinajstić information content (AvgIpc) is 3.14. The van der Waals surface area contributed by atoms with Crippen molar-refractivity contribution in [2.75, 3.05) is 31.7 Å². The molecule has 0 unspecified atom stereocenters. The lowest BCUT2D eigenvalue weighted by atomic mass is 10.2. The molecule has 0 spiro atoms. The van der Waals surface area contributed by atoms with Crippen LogP contribution in [0, 0.1) is 10.1 Å². The fourth-order valence-electron chi connectivity index (χ4n) is 2.32. The molecular weight excluding hydrogens is 306 g/mol. The van der Waals surface area contributed by atoms with E-state index in [4.69, 9.17) is 9.47 Å². The van der Waals surface area contributed by atoms with Crippen molar-refractivity contribution in [3.63, 3.8) is 0 Å². The van der Waals surface area contributed by atoms with E-state index in [-0.39, 0.29) is 11.8 Å². The Morgan fingerprint density at radius 3 is 3.23 bits per heavy atom. The van der Waals surface area contributed by atoms with Gasteiger partial charge in [-0.05, 0) is 18.9 Å². The second kappa shape index (κ2) is 6.99. The van der Waals surface area contributed by atoms with Gasteiger partial charge in [-0.15, -0.1) is 0 Å². The summed E-state index contributed by atoms with van der Waals surface area (Å²) < 4.78 is 11.8. The number of nitrogens with one attached hydrogen (secondary N) is 1. The summed E-state index contributed by atoms with van der Waals surface area (Å²) in [7, 11) is 0. The third-order valence-electron chi connectivity index (χ3n) is 3.43. The predicted octanol–water partition coefficient (Wildman–Crippen LogP) is 2.81. The molecule has 1 aromatic carbocycles. The Bertz CT molecular complexity index is 655. The zero-order valence-corrected chi connectivity index (χ0v) is 12.8. The van der Waals surface area contributed by atoms with Gasteiger partial charge in [0.2, 0.25) is 0 Å². The first-order valence-electron chi connectivity index (χ1n) is 7.20. The van der Waals surface area contributed by atoms with Gasteiger partial charge in [-0.1, -0.05) is 11.3 Å². The number of fused-ring (bicyclic) bond motifs is 1. The summed E-state index contributed by atoms with van der Waals surface area (Å²) in [6.45, 7) is 2.70. The molecule has 118 valence electrons. The summed E-state index contributed by atoms with van der Waals surface area (Å²) in [5, 5.41) is 14.7. The van der Waals surface area contributed by atoms with Gasteiger partial charge in [0.15, 0.2) is 5.13 Å². The van der Waals surface area contributed by atoms with Gasteiger partial charge in [-0.2, -0.15) is 0 Å². The SMILES string of the molecule is O=[N+]([O-])c1ccc2nc(NCCOC[C@H]3CCCO3)sc2c1. The number of nitrogens with zero attached hydrogens (tertiary/aromatic N) is 2. The number of benzene rings is 1. The zero-order valence-electron chi connectivity index (χ0n) is 12.0. The fourth-order valence-corrected chi connectivity index (χ4v) is 3.25. The molecular formula is C14H17N3O4S. The largest absolute Gasteiger partial charge is 0.377 e. The Balaban J connectivity index is 1.47. The molecule has 8 heteroatoms. The van der Waals surface area contributed by atoms with Gasteiger partial charge in [-0.25, -0.2) is 4.98 Å². The van der Waals surface area contributed by atoms with Crippen molar-refractivity contribution >= 4 is 32.4 Å². The fraction of sp³-hybridized carbons (Fsp3) is 0.500. The van der Waals surface area contributed by atoms with Crippen LogP contribution in [0.25, 0.3) is 10.2 Å². The topological polar surface area (TPSA) is 86.5 Å². The minimum atomic E-state index is -0.398. The lowest BCUT2D eigenvalue weighted by molar-refractivity contribution is -0.384. The van der Waals surface area contributed by atoms with E-state index in [1.54, 1.807) is 12.1 Å². The van der Waals surface area contributed by atoms with Gasteiger partial charge in [0.05, 0.1) is 34.5 Å². The van der Waals surface area contributed by atoms with Crippen molar-refractivity contribution < 1.29 is 14.4 Å².